The molecule has 0 fully saturated rings. The number of carbonyl (C=O) groups excluding carboxylic acids is 1. The monoisotopic (exact) mass is 449 g/mol. The van der Waals surface area contributed by atoms with Gasteiger partial charge in [0.05, 0.1) is 18.3 Å². The van der Waals surface area contributed by atoms with Gasteiger partial charge in [0, 0.05) is 15.7 Å². The Kier molecular flexibility index (Phi) is 6.33. The molecule has 0 saturated carbocycles. The van der Waals surface area contributed by atoms with Crippen molar-refractivity contribution in [2.24, 2.45) is 0 Å². The van der Waals surface area contributed by atoms with Crippen LogP contribution >= 0.6 is 15.9 Å². The Balaban J connectivity index is 2.11. The Morgan fingerprint density at radius 3 is 2.89 bits per heavy atom. The molecule has 2 aromatic rings. The van der Waals surface area contributed by atoms with Gasteiger partial charge in [-0.15, -0.1) is 0 Å². The first-order valence-electron chi connectivity index (χ1n) is 9.31. The van der Waals surface area contributed by atoms with Crippen LogP contribution in [0, 0.1) is 0 Å². The number of halogens is 1. The van der Waals surface area contributed by atoms with E-state index in [-0.39, 0.29) is 6.10 Å². The van der Waals surface area contributed by atoms with Gasteiger partial charge in [0.25, 0.3) is 0 Å². The largest absolute Gasteiger partial charge is 0.493 e. The van der Waals surface area contributed by atoms with Gasteiger partial charge in [0.2, 0.25) is 5.95 Å². The molecule has 1 aliphatic rings. The highest BCUT2D eigenvalue weighted by Gasteiger charge is 2.37. The molecule has 8 nitrogen and oxygen atoms in total. The Hall–Kier alpha value is -2.42. The van der Waals surface area contributed by atoms with Gasteiger partial charge in [0.1, 0.15) is 11.8 Å². The van der Waals surface area contributed by atoms with Gasteiger partial charge in [-0.1, -0.05) is 34.4 Å². The van der Waals surface area contributed by atoms with Crippen molar-refractivity contribution in [3.8, 4) is 5.75 Å². The van der Waals surface area contributed by atoms with Gasteiger partial charge in [-0.3, -0.25) is 0 Å². The molecular weight excluding hydrogens is 426 g/mol. The van der Waals surface area contributed by atoms with Crippen LogP contribution in [0.3, 0.4) is 0 Å². The number of anilines is 1. The van der Waals surface area contributed by atoms with Gasteiger partial charge >= 0.3 is 5.97 Å². The van der Waals surface area contributed by atoms with Crippen LogP contribution < -0.4 is 10.1 Å². The number of allylic oxidation sites excluding steroid dienone is 1. The summed E-state index contributed by atoms with van der Waals surface area (Å²) < 4.78 is 14.0. The van der Waals surface area contributed by atoms with Crippen LogP contribution in [0.2, 0.25) is 0 Å². The molecule has 150 valence electrons. The van der Waals surface area contributed by atoms with Crippen molar-refractivity contribution in [2.45, 2.75) is 52.7 Å². The summed E-state index contributed by atoms with van der Waals surface area (Å²) in [5.74, 6) is 0.737. The van der Waals surface area contributed by atoms with Crippen molar-refractivity contribution in [3.63, 3.8) is 0 Å². The van der Waals surface area contributed by atoms with Crippen LogP contribution in [0.1, 0.15) is 52.1 Å². The van der Waals surface area contributed by atoms with E-state index in [1.165, 1.54) is 0 Å². The van der Waals surface area contributed by atoms with Crippen LogP contribution in [0.25, 0.3) is 0 Å². The number of esters is 1. The molecule has 0 aliphatic carbocycles. The number of fused-ring (bicyclic) bond motifs is 1. The van der Waals surface area contributed by atoms with Crippen molar-refractivity contribution >= 4 is 27.8 Å². The highest BCUT2D eigenvalue weighted by atomic mass is 79.9. The second-order valence-corrected chi connectivity index (χ2v) is 7.77. The smallest absolute Gasteiger partial charge is 0.338 e. The number of rotatable bonds is 7. The normalized spacial score (nSPS) is 16.0. The number of tetrazole rings is 1. The number of hydrogen-bond donors (Lipinski definition) is 1. The quantitative estimate of drug-likeness (QED) is 0.506. The number of nitrogens with zero attached hydrogens (tertiary/aromatic N) is 4. The van der Waals surface area contributed by atoms with Crippen molar-refractivity contribution in [3.05, 3.63) is 39.5 Å². The number of unbranched alkanes of at least 4 members (excludes halogenated alkanes) is 1. The fraction of sp³-hybridized carbons (Fsp3) is 0.474. The van der Waals surface area contributed by atoms with Crippen molar-refractivity contribution < 1.29 is 14.3 Å². The van der Waals surface area contributed by atoms with E-state index in [0.29, 0.717) is 29.6 Å². The lowest BCUT2D eigenvalue weighted by Crippen LogP contribution is -2.31. The zero-order valence-electron chi connectivity index (χ0n) is 16.4. The minimum absolute atomic E-state index is 0.244. The summed E-state index contributed by atoms with van der Waals surface area (Å²) >= 11 is 3.52. The van der Waals surface area contributed by atoms with Gasteiger partial charge in [-0.05, 0) is 55.8 Å². The third kappa shape index (κ3) is 4.19. The Labute approximate surface area is 172 Å². The minimum Gasteiger partial charge on any atom is -0.493 e. The Morgan fingerprint density at radius 1 is 1.39 bits per heavy atom. The third-order valence-electron chi connectivity index (χ3n) is 4.30. The zero-order valence-corrected chi connectivity index (χ0v) is 18.0. The fourth-order valence-electron chi connectivity index (χ4n) is 3.03. The first-order valence-corrected chi connectivity index (χ1v) is 10.1. The Bertz CT molecular complexity index is 893. The second kappa shape index (κ2) is 8.72. The van der Waals surface area contributed by atoms with E-state index >= 15 is 0 Å². The SMILES string of the molecule is CCCCOc1ccc(Br)cc1C1C(C(=O)OC(C)C)=C(C)Nc2nnnn21. The molecule has 0 bridgehead atoms. The number of nitrogens with one attached hydrogen (secondary N) is 1. The molecule has 28 heavy (non-hydrogen) atoms. The highest BCUT2D eigenvalue weighted by Crippen LogP contribution is 2.40. The van der Waals surface area contributed by atoms with Gasteiger partial charge in [-0.2, -0.15) is 4.68 Å². The van der Waals surface area contributed by atoms with Gasteiger partial charge < -0.3 is 14.8 Å². The standard InChI is InChI=1S/C19H24BrN5O3/c1-5-6-9-27-15-8-7-13(20)10-14(15)17-16(18(26)28-11(2)3)12(4)21-19-22-23-24-25(17)19/h7-8,10-11,17H,5-6,9H2,1-4H3,(H,21,22,24). The maximum Gasteiger partial charge on any atom is 0.338 e. The average molecular weight is 450 g/mol. The predicted molar refractivity (Wildman–Crippen MR) is 108 cm³/mol. The molecule has 1 aromatic carbocycles. The van der Waals surface area contributed by atoms with Crippen molar-refractivity contribution in [2.75, 3.05) is 11.9 Å². The molecule has 1 aliphatic heterocycles. The summed E-state index contributed by atoms with van der Waals surface area (Å²) in [6.45, 7) is 8.16. The summed E-state index contributed by atoms with van der Waals surface area (Å²) in [5.41, 5.74) is 1.89. The maximum absolute atomic E-state index is 12.9. The summed E-state index contributed by atoms with van der Waals surface area (Å²) in [7, 11) is 0. The Morgan fingerprint density at radius 2 is 2.18 bits per heavy atom. The second-order valence-electron chi connectivity index (χ2n) is 6.85. The molecule has 0 radical (unpaired) electrons. The molecule has 1 unspecified atom stereocenters. The van der Waals surface area contributed by atoms with Crippen LogP contribution in [-0.4, -0.2) is 38.9 Å². The lowest BCUT2D eigenvalue weighted by Gasteiger charge is -2.29. The van der Waals surface area contributed by atoms with Crippen LogP contribution in [0.4, 0.5) is 5.95 Å². The van der Waals surface area contributed by atoms with Crippen LogP contribution in [0.15, 0.2) is 33.9 Å². The zero-order chi connectivity index (χ0) is 20.3. The molecule has 1 N–H and O–H groups in total. The topological polar surface area (TPSA) is 91.2 Å². The molecule has 0 saturated heterocycles. The minimum atomic E-state index is -0.563. The number of benzene rings is 1. The molecule has 0 amide bonds. The molecule has 0 spiro atoms. The molecule has 1 aromatic heterocycles. The summed E-state index contributed by atoms with van der Waals surface area (Å²) in [6, 6.07) is 5.17. The summed E-state index contributed by atoms with van der Waals surface area (Å²) in [6.07, 6.45) is 1.72. The van der Waals surface area contributed by atoms with Crippen LogP contribution in [-0.2, 0) is 9.53 Å². The molecule has 9 heteroatoms. The lowest BCUT2D eigenvalue weighted by atomic mass is 9.95. The number of hydrogen-bond acceptors (Lipinski definition) is 7. The fourth-order valence-corrected chi connectivity index (χ4v) is 3.41. The van der Waals surface area contributed by atoms with Crippen molar-refractivity contribution in [1.82, 2.24) is 20.2 Å². The summed E-state index contributed by atoms with van der Waals surface area (Å²) in [4.78, 5) is 12.9. The number of ether oxygens (including phenoxy) is 2. The third-order valence-corrected chi connectivity index (χ3v) is 4.79. The van der Waals surface area contributed by atoms with E-state index in [4.69, 9.17) is 9.47 Å². The van der Waals surface area contributed by atoms with Crippen LogP contribution in [0.5, 0.6) is 5.75 Å². The molecule has 1 atom stereocenters. The van der Waals surface area contributed by atoms with E-state index in [1.54, 1.807) is 4.68 Å². The van der Waals surface area contributed by atoms with E-state index < -0.39 is 12.0 Å². The molecule has 2 heterocycles. The highest BCUT2D eigenvalue weighted by molar-refractivity contribution is 9.10. The van der Waals surface area contributed by atoms with E-state index in [0.717, 1.165) is 22.9 Å². The maximum atomic E-state index is 12.9. The molecule has 3 rings (SSSR count). The van der Waals surface area contributed by atoms with Gasteiger partial charge in [-0.25, -0.2) is 4.79 Å². The number of carbonyl (C=O) groups is 1. The average Bonchev–Trinajstić information content (AvgIpc) is 3.09. The predicted octanol–water partition coefficient (Wildman–Crippen LogP) is 3.86. The van der Waals surface area contributed by atoms with Gasteiger partial charge in [0.15, 0.2) is 0 Å². The van der Waals surface area contributed by atoms with E-state index in [2.05, 4.69) is 43.7 Å². The molecular formula is C19H24BrN5O3. The van der Waals surface area contributed by atoms with Crippen molar-refractivity contribution in [1.29, 1.82) is 0 Å². The summed E-state index contributed by atoms with van der Waals surface area (Å²) in [5, 5.41) is 15.0. The van der Waals surface area contributed by atoms with E-state index in [1.807, 2.05) is 39.0 Å². The lowest BCUT2D eigenvalue weighted by molar-refractivity contribution is -0.143. The first-order chi connectivity index (χ1) is 13.4. The van der Waals surface area contributed by atoms with E-state index in [9.17, 15) is 4.79 Å². The first kappa shape index (κ1) is 20.3. The number of aromatic nitrogens is 4.